The number of hydrogen-bond donors (Lipinski definition) is 1. The Morgan fingerprint density at radius 2 is 1.95 bits per heavy atom. The Bertz CT molecular complexity index is 490. The number of nitro groups is 1. The van der Waals surface area contributed by atoms with Crippen molar-refractivity contribution in [3.63, 3.8) is 0 Å². The van der Waals surface area contributed by atoms with Gasteiger partial charge >= 0.3 is 0 Å². The summed E-state index contributed by atoms with van der Waals surface area (Å²) in [5.41, 5.74) is 0.423. The number of halogens is 1. The third kappa shape index (κ3) is 3.48. The van der Waals surface area contributed by atoms with E-state index in [1.54, 1.807) is 0 Å². The Hall–Kier alpha value is -1.62. The molecule has 1 amide bonds. The molecule has 20 heavy (non-hydrogen) atoms. The maximum atomic E-state index is 12.1. The fourth-order valence-electron chi connectivity index (χ4n) is 2.57. The van der Waals surface area contributed by atoms with Crippen LogP contribution >= 0.6 is 11.6 Å². The van der Waals surface area contributed by atoms with Gasteiger partial charge in [-0.15, -0.1) is 11.6 Å². The maximum Gasteiger partial charge on any atom is 0.269 e. The van der Waals surface area contributed by atoms with E-state index in [0.29, 0.717) is 17.4 Å². The van der Waals surface area contributed by atoms with Gasteiger partial charge in [0.05, 0.1) is 4.92 Å². The minimum atomic E-state index is -0.480. The zero-order valence-corrected chi connectivity index (χ0v) is 11.8. The third-order valence-corrected chi connectivity index (χ3v) is 4.16. The van der Waals surface area contributed by atoms with Crippen LogP contribution in [0.5, 0.6) is 0 Å². The number of non-ortho nitro benzene ring substituents is 1. The first-order valence-electron chi connectivity index (χ1n) is 6.73. The Kier molecular flexibility index (Phi) is 4.95. The van der Waals surface area contributed by atoms with Crippen LogP contribution in [0, 0.1) is 16.0 Å². The van der Waals surface area contributed by atoms with E-state index in [1.165, 1.54) is 24.3 Å². The number of amides is 1. The summed E-state index contributed by atoms with van der Waals surface area (Å²) >= 11 is 5.93. The topological polar surface area (TPSA) is 72.2 Å². The monoisotopic (exact) mass is 296 g/mol. The average Bonchev–Trinajstić information content (AvgIpc) is 2.48. The van der Waals surface area contributed by atoms with Crippen molar-refractivity contribution < 1.29 is 9.72 Å². The van der Waals surface area contributed by atoms with Crippen LogP contribution in [-0.2, 0) is 0 Å². The van der Waals surface area contributed by atoms with Gasteiger partial charge in [0.25, 0.3) is 11.6 Å². The van der Waals surface area contributed by atoms with Gasteiger partial charge in [0, 0.05) is 29.6 Å². The number of hydrogen-bond acceptors (Lipinski definition) is 3. The molecular formula is C14H17ClN2O3. The standard InChI is InChI=1S/C14H17ClN2O3/c15-9-11-3-1-2-4-13(11)16-14(18)10-5-7-12(8-6-10)17(19)20/h5-8,11,13H,1-4,9H2,(H,16,18). The molecule has 108 valence electrons. The van der Waals surface area contributed by atoms with E-state index in [0.717, 1.165) is 25.7 Å². The predicted molar refractivity (Wildman–Crippen MR) is 77.0 cm³/mol. The lowest BCUT2D eigenvalue weighted by Gasteiger charge is -2.30. The highest BCUT2D eigenvalue weighted by atomic mass is 35.5. The highest BCUT2D eigenvalue weighted by Gasteiger charge is 2.26. The molecule has 2 rings (SSSR count). The summed E-state index contributed by atoms with van der Waals surface area (Å²) in [7, 11) is 0. The van der Waals surface area contributed by atoms with E-state index in [9.17, 15) is 14.9 Å². The van der Waals surface area contributed by atoms with Crippen molar-refractivity contribution in [2.24, 2.45) is 5.92 Å². The van der Waals surface area contributed by atoms with E-state index in [1.807, 2.05) is 0 Å². The molecule has 1 fully saturated rings. The van der Waals surface area contributed by atoms with Crippen LogP contribution in [0.3, 0.4) is 0 Å². The predicted octanol–water partition coefficient (Wildman–Crippen LogP) is 3.12. The van der Waals surface area contributed by atoms with Crippen LogP contribution in [0.4, 0.5) is 5.69 Å². The fraction of sp³-hybridized carbons (Fsp3) is 0.500. The fourth-order valence-corrected chi connectivity index (χ4v) is 2.94. The molecule has 0 saturated heterocycles. The first kappa shape index (κ1) is 14.8. The van der Waals surface area contributed by atoms with Crippen molar-refractivity contribution in [2.75, 3.05) is 5.88 Å². The summed E-state index contributed by atoms with van der Waals surface area (Å²) in [4.78, 5) is 22.2. The first-order chi connectivity index (χ1) is 9.61. The highest BCUT2D eigenvalue weighted by Crippen LogP contribution is 2.25. The van der Waals surface area contributed by atoms with Crippen LogP contribution < -0.4 is 5.32 Å². The number of nitro benzene ring substituents is 1. The molecule has 1 aromatic carbocycles. The van der Waals surface area contributed by atoms with Gasteiger partial charge in [-0.25, -0.2) is 0 Å². The van der Waals surface area contributed by atoms with Crippen LogP contribution in [0.2, 0.25) is 0 Å². The second-order valence-corrected chi connectivity index (χ2v) is 5.39. The first-order valence-corrected chi connectivity index (χ1v) is 7.26. The van der Waals surface area contributed by atoms with E-state index >= 15 is 0 Å². The number of alkyl halides is 1. The normalized spacial score (nSPS) is 22.2. The minimum Gasteiger partial charge on any atom is -0.349 e. The molecule has 0 spiro atoms. The number of benzene rings is 1. The van der Waals surface area contributed by atoms with E-state index in [4.69, 9.17) is 11.6 Å². The van der Waals surface area contributed by atoms with Crippen molar-refractivity contribution in [3.8, 4) is 0 Å². The second kappa shape index (κ2) is 6.70. The largest absolute Gasteiger partial charge is 0.349 e. The molecule has 1 aliphatic rings. The SMILES string of the molecule is O=C(NC1CCCCC1CCl)c1ccc([N+](=O)[O-])cc1. The number of nitrogens with one attached hydrogen (secondary N) is 1. The van der Waals surface area contributed by atoms with E-state index in [2.05, 4.69) is 5.32 Å². The molecule has 5 nitrogen and oxygen atoms in total. The summed E-state index contributed by atoms with van der Waals surface area (Å²) < 4.78 is 0. The summed E-state index contributed by atoms with van der Waals surface area (Å²) in [6, 6.07) is 5.74. The van der Waals surface area contributed by atoms with Crippen LogP contribution in [0.1, 0.15) is 36.0 Å². The second-order valence-electron chi connectivity index (χ2n) is 5.08. The minimum absolute atomic E-state index is 0.0159. The molecule has 2 unspecified atom stereocenters. The average molecular weight is 297 g/mol. The molecule has 6 heteroatoms. The molecule has 0 radical (unpaired) electrons. The lowest BCUT2D eigenvalue weighted by molar-refractivity contribution is -0.384. The zero-order valence-electron chi connectivity index (χ0n) is 11.0. The number of carbonyl (C=O) groups is 1. The van der Waals surface area contributed by atoms with Crippen molar-refractivity contribution in [2.45, 2.75) is 31.7 Å². The molecule has 1 N–H and O–H groups in total. The Morgan fingerprint density at radius 1 is 1.30 bits per heavy atom. The molecule has 1 aliphatic carbocycles. The summed E-state index contributed by atoms with van der Waals surface area (Å²) in [6.07, 6.45) is 4.23. The van der Waals surface area contributed by atoms with Crippen molar-refractivity contribution in [3.05, 3.63) is 39.9 Å². The summed E-state index contributed by atoms with van der Waals surface area (Å²) in [5, 5.41) is 13.6. The van der Waals surface area contributed by atoms with Gasteiger partial charge in [-0.3, -0.25) is 14.9 Å². The van der Waals surface area contributed by atoms with Crippen LogP contribution in [0.25, 0.3) is 0 Å². The van der Waals surface area contributed by atoms with Gasteiger partial charge in [0.2, 0.25) is 0 Å². The molecule has 1 saturated carbocycles. The molecule has 2 atom stereocenters. The third-order valence-electron chi connectivity index (χ3n) is 3.76. The quantitative estimate of drug-likeness (QED) is 0.527. The van der Waals surface area contributed by atoms with Gasteiger partial charge in [0.1, 0.15) is 0 Å². The molecule has 0 bridgehead atoms. The Morgan fingerprint density at radius 3 is 2.55 bits per heavy atom. The molecular weight excluding hydrogens is 280 g/mol. The lowest BCUT2D eigenvalue weighted by Crippen LogP contribution is -2.42. The van der Waals surface area contributed by atoms with Gasteiger partial charge in [-0.2, -0.15) is 0 Å². The molecule has 0 heterocycles. The highest BCUT2D eigenvalue weighted by molar-refractivity contribution is 6.18. The van der Waals surface area contributed by atoms with E-state index < -0.39 is 4.92 Å². The number of rotatable bonds is 4. The van der Waals surface area contributed by atoms with Crippen LogP contribution in [0.15, 0.2) is 24.3 Å². The van der Waals surface area contributed by atoms with Crippen molar-refractivity contribution >= 4 is 23.2 Å². The molecule has 0 aromatic heterocycles. The molecule has 1 aromatic rings. The van der Waals surface area contributed by atoms with Crippen molar-refractivity contribution in [1.82, 2.24) is 5.32 Å². The maximum absolute atomic E-state index is 12.1. The van der Waals surface area contributed by atoms with Gasteiger partial charge in [-0.1, -0.05) is 12.8 Å². The number of carbonyl (C=O) groups excluding carboxylic acids is 1. The van der Waals surface area contributed by atoms with Crippen molar-refractivity contribution in [1.29, 1.82) is 0 Å². The molecule has 0 aliphatic heterocycles. The van der Waals surface area contributed by atoms with Gasteiger partial charge < -0.3 is 5.32 Å². The van der Waals surface area contributed by atoms with E-state index in [-0.39, 0.29) is 17.6 Å². The zero-order chi connectivity index (χ0) is 14.5. The Labute approximate surface area is 122 Å². The van der Waals surface area contributed by atoms with Gasteiger partial charge in [0.15, 0.2) is 0 Å². The lowest BCUT2D eigenvalue weighted by atomic mass is 9.85. The summed E-state index contributed by atoms with van der Waals surface area (Å²) in [5.74, 6) is 0.667. The smallest absolute Gasteiger partial charge is 0.269 e. The Balaban J connectivity index is 2.01. The van der Waals surface area contributed by atoms with Crippen LogP contribution in [-0.4, -0.2) is 22.8 Å². The number of nitrogens with zero attached hydrogens (tertiary/aromatic N) is 1. The van der Waals surface area contributed by atoms with Gasteiger partial charge in [-0.05, 0) is 30.9 Å². The summed E-state index contributed by atoms with van der Waals surface area (Å²) in [6.45, 7) is 0.